The van der Waals surface area contributed by atoms with E-state index in [-0.39, 0.29) is 5.54 Å². The SMILES string of the molecule is CN1CCC(N)(Cc2ccccc2)CC1. The summed E-state index contributed by atoms with van der Waals surface area (Å²) in [5.41, 5.74) is 7.81. The standard InChI is InChI=1S/C13H20N2/c1-15-9-7-13(14,8-10-15)11-12-5-3-2-4-6-12/h2-6H,7-11,14H2,1H3. The van der Waals surface area contributed by atoms with E-state index < -0.39 is 0 Å². The maximum atomic E-state index is 6.43. The lowest BCUT2D eigenvalue weighted by atomic mass is 9.83. The highest BCUT2D eigenvalue weighted by Gasteiger charge is 2.29. The Morgan fingerprint density at radius 1 is 1.20 bits per heavy atom. The molecule has 0 unspecified atom stereocenters. The summed E-state index contributed by atoms with van der Waals surface area (Å²) in [6.07, 6.45) is 3.23. The van der Waals surface area contributed by atoms with Gasteiger partial charge in [-0.15, -0.1) is 0 Å². The molecule has 82 valence electrons. The lowest BCUT2D eigenvalue weighted by Gasteiger charge is -2.37. The Labute approximate surface area is 92.1 Å². The molecule has 0 aromatic heterocycles. The number of rotatable bonds is 2. The summed E-state index contributed by atoms with van der Waals surface area (Å²) in [7, 11) is 2.17. The van der Waals surface area contributed by atoms with Gasteiger partial charge in [-0.25, -0.2) is 0 Å². The number of hydrogen-bond donors (Lipinski definition) is 1. The second-order valence-corrected chi connectivity index (χ2v) is 4.83. The molecule has 0 saturated carbocycles. The quantitative estimate of drug-likeness (QED) is 0.793. The van der Waals surface area contributed by atoms with Crippen molar-refractivity contribution < 1.29 is 0 Å². The highest BCUT2D eigenvalue weighted by atomic mass is 15.1. The summed E-state index contributed by atoms with van der Waals surface area (Å²) in [6.45, 7) is 2.26. The van der Waals surface area contributed by atoms with Gasteiger partial charge >= 0.3 is 0 Å². The van der Waals surface area contributed by atoms with Crippen LogP contribution in [-0.4, -0.2) is 30.6 Å². The summed E-state index contributed by atoms with van der Waals surface area (Å²) in [5, 5.41) is 0. The molecule has 1 fully saturated rings. The molecule has 2 N–H and O–H groups in total. The third kappa shape index (κ3) is 2.80. The first-order valence-electron chi connectivity index (χ1n) is 5.69. The van der Waals surface area contributed by atoms with E-state index in [0.29, 0.717) is 0 Å². The lowest BCUT2D eigenvalue weighted by Crippen LogP contribution is -2.50. The molecule has 1 aromatic rings. The number of nitrogens with zero attached hydrogens (tertiary/aromatic N) is 1. The minimum Gasteiger partial charge on any atom is -0.325 e. The van der Waals surface area contributed by atoms with Gasteiger partial charge in [-0.05, 0) is 45.0 Å². The van der Waals surface area contributed by atoms with Crippen molar-refractivity contribution in [2.24, 2.45) is 5.73 Å². The third-order valence-electron chi connectivity index (χ3n) is 3.38. The first kappa shape index (κ1) is 10.7. The Morgan fingerprint density at radius 2 is 1.80 bits per heavy atom. The normalized spacial score (nSPS) is 21.5. The first-order valence-corrected chi connectivity index (χ1v) is 5.69. The molecular formula is C13H20N2. The molecule has 1 aliphatic rings. The van der Waals surface area contributed by atoms with Crippen LogP contribution in [0.3, 0.4) is 0 Å². The average Bonchev–Trinajstić information content (AvgIpc) is 2.24. The van der Waals surface area contributed by atoms with Gasteiger partial charge in [0.2, 0.25) is 0 Å². The fourth-order valence-electron chi connectivity index (χ4n) is 2.24. The van der Waals surface area contributed by atoms with Crippen molar-refractivity contribution in [3.8, 4) is 0 Å². The van der Waals surface area contributed by atoms with Crippen LogP contribution in [0.4, 0.5) is 0 Å². The Morgan fingerprint density at radius 3 is 2.40 bits per heavy atom. The van der Waals surface area contributed by atoms with Gasteiger partial charge in [0.25, 0.3) is 0 Å². The van der Waals surface area contributed by atoms with E-state index in [1.165, 1.54) is 5.56 Å². The van der Waals surface area contributed by atoms with Gasteiger partial charge in [-0.3, -0.25) is 0 Å². The molecule has 0 amide bonds. The van der Waals surface area contributed by atoms with Gasteiger partial charge in [0.1, 0.15) is 0 Å². The second kappa shape index (κ2) is 4.33. The zero-order chi connectivity index (χ0) is 10.7. The fraction of sp³-hybridized carbons (Fsp3) is 0.538. The van der Waals surface area contributed by atoms with Crippen LogP contribution in [-0.2, 0) is 6.42 Å². The van der Waals surface area contributed by atoms with E-state index >= 15 is 0 Å². The largest absolute Gasteiger partial charge is 0.325 e. The van der Waals surface area contributed by atoms with Crippen molar-refractivity contribution in [2.75, 3.05) is 20.1 Å². The summed E-state index contributed by atoms with van der Waals surface area (Å²) >= 11 is 0. The monoisotopic (exact) mass is 204 g/mol. The van der Waals surface area contributed by atoms with Crippen LogP contribution in [0.25, 0.3) is 0 Å². The van der Waals surface area contributed by atoms with Crippen molar-refractivity contribution in [1.82, 2.24) is 4.90 Å². The smallest absolute Gasteiger partial charge is 0.0219 e. The summed E-state index contributed by atoms with van der Waals surface area (Å²) in [6, 6.07) is 10.6. The highest BCUT2D eigenvalue weighted by Crippen LogP contribution is 2.23. The average molecular weight is 204 g/mol. The molecule has 0 spiro atoms. The van der Waals surface area contributed by atoms with E-state index in [1.54, 1.807) is 0 Å². The second-order valence-electron chi connectivity index (χ2n) is 4.83. The molecule has 1 aromatic carbocycles. The van der Waals surface area contributed by atoms with Gasteiger partial charge in [0, 0.05) is 5.54 Å². The summed E-state index contributed by atoms with van der Waals surface area (Å²) in [5.74, 6) is 0. The van der Waals surface area contributed by atoms with Gasteiger partial charge in [0.05, 0.1) is 0 Å². The van der Waals surface area contributed by atoms with Crippen molar-refractivity contribution in [2.45, 2.75) is 24.8 Å². The van der Waals surface area contributed by atoms with E-state index in [2.05, 4.69) is 42.3 Å². The van der Waals surface area contributed by atoms with Crippen LogP contribution < -0.4 is 5.73 Å². The van der Waals surface area contributed by atoms with Crippen LogP contribution in [0.2, 0.25) is 0 Å². The molecule has 2 rings (SSSR count). The number of hydrogen-bond acceptors (Lipinski definition) is 2. The molecule has 1 aliphatic heterocycles. The Balaban J connectivity index is 1.99. The van der Waals surface area contributed by atoms with Crippen molar-refractivity contribution in [1.29, 1.82) is 0 Å². The highest BCUT2D eigenvalue weighted by molar-refractivity contribution is 5.18. The number of nitrogens with two attached hydrogens (primary N) is 1. The first-order chi connectivity index (χ1) is 7.18. The van der Waals surface area contributed by atoms with Gasteiger partial charge in [-0.1, -0.05) is 30.3 Å². The fourth-order valence-corrected chi connectivity index (χ4v) is 2.24. The van der Waals surface area contributed by atoms with Crippen LogP contribution in [0.5, 0.6) is 0 Å². The van der Waals surface area contributed by atoms with Crippen LogP contribution in [0, 0.1) is 0 Å². The molecule has 0 radical (unpaired) electrons. The van der Waals surface area contributed by atoms with Crippen LogP contribution in [0.1, 0.15) is 18.4 Å². The minimum absolute atomic E-state index is 0.0217. The van der Waals surface area contributed by atoms with E-state index in [4.69, 9.17) is 5.73 Å². The lowest BCUT2D eigenvalue weighted by molar-refractivity contribution is 0.190. The topological polar surface area (TPSA) is 29.3 Å². The van der Waals surface area contributed by atoms with Crippen LogP contribution >= 0.6 is 0 Å². The Hall–Kier alpha value is -0.860. The molecule has 0 bridgehead atoms. The van der Waals surface area contributed by atoms with Crippen molar-refractivity contribution >= 4 is 0 Å². The van der Waals surface area contributed by atoms with E-state index in [9.17, 15) is 0 Å². The third-order valence-corrected chi connectivity index (χ3v) is 3.38. The molecule has 0 aliphatic carbocycles. The predicted octanol–water partition coefficient (Wildman–Crippen LogP) is 1.65. The molecule has 2 nitrogen and oxygen atoms in total. The predicted molar refractivity (Wildman–Crippen MR) is 63.8 cm³/mol. The number of piperidine rings is 1. The zero-order valence-corrected chi connectivity index (χ0v) is 9.45. The van der Waals surface area contributed by atoms with Crippen LogP contribution in [0.15, 0.2) is 30.3 Å². The molecule has 2 heteroatoms. The van der Waals surface area contributed by atoms with Gasteiger partial charge in [0.15, 0.2) is 0 Å². The van der Waals surface area contributed by atoms with Gasteiger partial charge in [-0.2, -0.15) is 0 Å². The molecular weight excluding hydrogens is 184 g/mol. The maximum absolute atomic E-state index is 6.43. The van der Waals surface area contributed by atoms with Crippen molar-refractivity contribution in [3.05, 3.63) is 35.9 Å². The zero-order valence-electron chi connectivity index (χ0n) is 9.45. The molecule has 1 saturated heterocycles. The maximum Gasteiger partial charge on any atom is 0.0219 e. The minimum atomic E-state index is 0.0217. The number of likely N-dealkylation sites (tertiary alicyclic amines) is 1. The van der Waals surface area contributed by atoms with Gasteiger partial charge < -0.3 is 10.6 Å². The Kier molecular flexibility index (Phi) is 3.08. The van der Waals surface area contributed by atoms with E-state index in [0.717, 1.165) is 32.4 Å². The van der Waals surface area contributed by atoms with E-state index in [1.807, 2.05) is 0 Å². The van der Waals surface area contributed by atoms with Crippen molar-refractivity contribution in [3.63, 3.8) is 0 Å². The molecule has 0 atom stereocenters. The number of benzene rings is 1. The summed E-state index contributed by atoms with van der Waals surface area (Å²) < 4.78 is 0. The molecule has 1 heterocycles. The Bertz CT molecular complexity index is 300. The molecule has 15 heavy (non-hydrogen) atoms. The summed E-state index contributed by atoms with van der Waals surface area (Å²) in [4.78, 5) is 2.36.